The minimum atomic E-state index is 0.0197. The van der Waals surface area contributed by atoms with E-state index in [1.165, 1.54) is 6.26 Å². The molecule has 0 saturated heterocycles. The number of hydrogen-bond donors (Lipinski definition) is 0. The largest absolute Gasteiger partial charge is 0.502 e. The zero-order valence-electron chi connectivity index (χ0n) is 13.2. The van der Waals surface area contributed by atoms with Crippen LogP contribution in [0.15, 0.2) is 45.3 Å². The van der Waals surface area contributed by atoms with Crippen LogP contribution in [0, 0.1) is 0 Å². The predicted octanol–water partition coefficient (Wildman–Crippen LogP) is 4.72. The maximum absolute atomic E-state index is 5.32. The van der Waals surface area contributed by atoms with E-state index in [4.69, 9.17) is 4.74 Å². The molecule has 124 valence electrons. The number of aliphatic imine (C=N–C) groups is 1. The van der Waals surface area contributed by atoms with Crippen molar-refractivity contribution in [3.05, 3.63) is 40.3 Å². The van der Waals surface area contributed by atoms with Crippen molar-refractivity contribution in [1.29, 1.82) is 0 Å². The van der Waals surface area contributed by atoms with Crippen LogP contribution < -0.4 is 0 Å². The van der Waals surface area contributed by atoms with Crippen LogP contribution in [0.4, 0.5) is 0 Å². The minimum absolute atomic E-state index is 0.0197. The maximum Gasteiger partial charge on any atom is 0.147 e. The van der Waals surface area contributed by atoms with E-state index >= 15 is 0 Å². The summed E-state index contributed by atoms with van der Waals surface area (Å²) >= 11 is 6.56. The van der Waals surface area contributed by atoms with Gasteiger partial charge in [-0.05, 0) is 58.7 Å². The molecule has 0 spiro atoms. The van der Waals surface area contributed by atoms with Gasteiger partial charge in [-0.15, -0.1) is 0 Å². The molecule has 0 saturated carbocycles. The first-order valence-corrected chi connectivity index (χ1v) is 8.52. The molecule has 1 atom stereocenters. The Balaban J connectivity index is 0.000000338. The van der Waals surface area contributed by atoms with Crippen LogP contribution in [0.2, 0.25) is 0 Å². The van der Waals surface area contributed by atoms with E-state index in [9.17, 15) is 0 Å². The van der Waals surface area contributed by atoms with Crippen molar-refractivity contribution < 1.29 is 9.47 Å². The van der Waals surface area contributed by atoms with Crippen LogP contribution in [0.5, 0.6) is 0 Å². The monoisotopic (exact) mass is 435 g/mol. The van der Waals surface area contributed by atoms with E-state index in [-0.39, 0.29) is 6.23 Å². The van der Waals surface area contributed by atoms with Crippen molar-refractivity contribution in [3.8, 4) is 0 Å². The van der Waals surface area contributed by atoms with Crippen molar-refractivity contribution in [2.24, 2.45) is 4.99 Å². The molecule has 0 fully saturated rings. The predicted molar refractivity (Wildman–Crippen MR) is 98.5 cm³/mol. The zero-order chi connectivity index (χ0) is 16.8. The molecule has 5 nitrogen and oxygen atoms in total. The summed E-state index contributed by atoms with van der Waals surface area (Å²) in [6.45, 7) is 11.5. The average Bonchev–Trinajstić information content (AvgIpc) is 3.13. The first-order valence-electron chi connectivity index (χ1n) is 6.94. The molecule has 0 radical (unpaired) electrons. The third-order valence-corrected chi connectivity index (χ3v) is 3.18. The molecule has 1 unspecified atom stereocenters. The highest BCUT2D eigenvalue weighted by Gasteiger charge is 2.03. The second-order valence-corrected chi connectivity index (χ2v) is 5.73. The van der Waals surface area contributed by atoms with Gasteiger partial charge in [-0.3, -0.25) is 4.99 Å². The van der Waals surface area contributed by atoms with Crippen molar-refractivity contribution in [3.63, 3.8) is 0 Å². The normalized spacial score (nSPS) is 13.2. The molecule has 0 bridgehead atoms. The number of aromatic nitrogens is 2. The number of halogens is 2. The lowest BCUT2D eigenvalue weighted by atomic mass is 10.6. The third kappa shape index (κ3) is 10.8. The fourth-order valence-corrected chi connectivity index (χ4v) is 1.87. The van der Waals surface area contributed by atoms with E-state index in [1.54, 1.807) is 17.1 Å². The van der Waals surface area contributed by atoms with Crippen molar-refractivity contribution >= 4 is 38.1 Å². The molecule has 0 N–H and O–H groups in total. The third-order valence-electron chi connectivity index (χ3n) is 2.24. The molecule has 1 aliphatic rings. The summed E-state index contributed by atoms with van der Waals surface area (Å²) in [6, 6.07) is 0. The molecule has 7 heteroatoms. The fraction of sp³-hybridized carbons (Fsp3) is 0.467. The molecular weight excluding hydrogens is 414 g/mol. The highest BCUT2D eigenvalue weighted by atomic mass is 79.9. The summed E-state index contributed by atoms with van der Waals surface area (Å²) in [7, 11) is 0. The van der Waals surface area contributed by atoms with Crippen LogP contribution in [-0.4, -0.2) is 35.8 Å². The number of hydrogen-bond acceptors (Lipinski definition) is 4. The lowest BCUT2D eigenvalue weighted by Crippen LogP contribution is -2.09. The summed E-state index contributed by atoms with van der Waals surface area (Å²) in [6.07, 6.45) is 8.90. The Morgan fingerprint density at radius 3 is 2.41 bits per heavy atom. The Morgan fingerprint density at radius 2 is 2.14 bits per heavy atom. The van der Waals surface area contributed by atoms with Gasteiger partial charge in [0.1, 0.15) is 6.23 Å². The molecule has 0 aromatic carbocycles. The first-order chi connectivity index (χ1) is 10.5. The Kier molecular flexibility index (Phi) is 13.1. The Bertz CT molecular complexity index is 470. The second-order valence-electron chi connectivity index (χ2n) is 3.90. The molecule has 1 aromatic rings. The molecule has 0 amide bonds. The van der Waals surface area contributed by atoms with Crippen LogP contribution in [0.3, 0.4) is 0 Å². The molecule has 1 aliphatic heterocycles. The minimum Gasteiger partial charge on any atom is -0.502 e. The molecular formula is C15H23Br2N3O2. The zero-order valence-corrected chi connectivity index (χ0v) is 16.4. The second kappa shape index (κ2) is 13.7. The fourth-order valence-electron chi connectivity index (χ4n) is 1.28. The van der Waals surface area contributed by atoms with Gasteiger partial charge in [0.25, 0.3) is 0 Å². The highest BCUT2D eigenvalue weighted by Crippen LogP contribution is 2.11. The Hall–Kier alpha value is -0.920. The van der Waals surface area contributed by atoms with E-state index in [2.05, 4.69) is 53.3 Å². The molecule has 1 aromatic heterocycles. The molecule has 22 heavy (non-hydrogen) atoms. The van der Waals surface area contributed by atoms with Gasteiger partial charge in [0.15, 0.2) is 0 Å². The van der Waals surface area contributed by atoms with Crippen LogP contribution in [-0.2, 0) is 9.47 Å². The van der Waals surface area contributed by atoms with Gasteiger partial charge >= 0.3 is 0 Å². The summed E-state index contributed by atoms with van der Waals surface area (Å²) in [4.78, 5) is 3.90. The number of rotatable bonds is 5. The maximum atomic E-state index is 5.32. The molecule has 0 aliphatic carbocycles. The summed E-state index contributed by atoms with van der Waals surface area (Å²) in [5, 5.41) is 4.08. The summed E-state index contributed by atoms with van der Waals surface area (Å²) < 4.78 is 13.8. The Labute approximate surface area is 149 Å². The topological polar surface area (TPSA) is 48.6 Å². The quantitative estimate of drug-likeness (QED) is 0.627. The van der Waals surface area contributed by atoms with E-state index in [1.807, 2.05) is 33.0 Å². The van der Waals surface area contributed by atoms with Crippen molar-refractivity contribution in [2.45, 2.75) is 27.0 Å². The standard InChI is InChI=1S/C7H11BrN2O.C4H4BrN.C4H8O/c1-3-11-6(2)10-5-7(8)4-9-10;5-4-1-2-6-3-4;1-3-5-4-2/h4-6H,3H2,1-2H3;1,3H,2H2;3H,1,4H2,2H3. The lowest BCUT2D eigenvalue weighted by Gasteiger charge is -2.10. The van der Waals surface area contributed by atoms with Crippen molar-refractivity contribution in [2.75, 3.05) is 19.8 Å². The van der Waals surface area contributed by atoms with E-state index in [0.29, 0.717) is 6.61 Å². The van der Waals surface area contributed by atoms with E-state index < -0.39 is 0 Å². The van der Waals surface area contributed by atoms with Gasteiger partial charge in [0, 0.05) is 23.5 Å². The lowest BCUT2D eigenvalue weighted by molar-refractivity contribution is 0.0159. The number of nitrogens with zero attached hydrogens (tertiary/aromatic N) is 3. The van der Waals surface area contributed by atoms with E-state index in [0.717, 1.165) is 22.1 Å². The average molecular weight is 437 g/mol. The summed E-state index contributed by atoms with van der Waals surface area (Å²) in [5.41, 5.74) is 0. The molecule has 2 rings (SSSR count). The molecule has 2 heterocycles. The van der Waals surface area contributed by atoms with Gasteiger partial charge in [-0.1, -0.05) is 6.58 Å². The number of allylic oxidation sites excluding steroid dienone is 1. The highest BCUT2D eigenvalue weighted by molar-refractivity contribution is 9.12. The van der Waals surface area contributed by atoms with Gasteiger partial charge in [0.2, 0.25) is 0 Å². The SMILES string of the molecule is BrC1=CCN=C1.C=COCC.CCOC(C)n1cc(Br)cn1. The van der Waals surface area contributed by atoms with Gasteiger partial charge in [-0.25, -0.2) is 4.68 Å². The van der Waals surface area contributed by atoms with Crippen molar-refractivity contribution in [1.82, 2.24) is 9.78 Å². The smallest absolute Gasteiger partial charge is 0.147 e. The van der Waals surface area contributed by atoms with Crippen LogP contribution in [0.25, 0.3) is 0 Å². The van der Waals surface area contributed by atoms with Crippen LogP contribution >= 0.6 is 31.9 Å². The first kappa shape index (κ1) is 21.1. The Morgan fingerprint density at radius 1 is 1.41 bits per heavy atom. The van der Waals surface area contributed by atoms with Gasteiger partial charge < -0.3 is 9.47 Å². The summed E-state index contributed by atoms with van der Waals surface area (Å²) in [5.74, 6) is 0. The van der Waals surface area contributed by atoms with Crippen LogP contribution in [0.1, 0.15) is 27.0 Å². The van der Waals surface area contributed by atoms with Gasteiger partial charge in [0.05, 0.1) is 30.1 Å². The number of ether oxygens (including phenoxy) is 2. The van der Waals surface area contributed by atoms with Gasteiger partial charge in [-0.2, -0.15) is 5.10 Å².